The molecular weight excluding hydrogens is 320 g/mol. The van der Waals surface area contributed by atoms with Crippen molar-refractivity contribution >= 4 is 17.3 Å². The van der Waals surface area contributed by atoms with E-state index in [9.17, 15) is 4.79 Å². The minimum absolute atomic E-state index is 0.182. The van der Waals surface area contributed by atoms with Gasteiger partial charge in [0.15, 0.2) is 0 Å². The van der Waals surface area contributed by atoms with Gasteiger partial charge in [-0.2, -0.15) is 4.98 Å². The normalized spacial score (nSPS) is 14.3. The number of rotatable bonds is 5. The number of amides is 1. The molecular formula is C18H18N4O3. The maximum absolute atomic E-state index is 12.0. The largest absolute Gasteiger partial charge is 0.472 e. The summed E-state index contributed by atoms with van der Waals surface area (Å²) in [5.74, 6) is 1.17. The zero-order valence-electron chi connectivity index (χ0n) is 13.9. The minimum Gasteiger partial charge on any atom is -0.472 e. The van der Waals surface area contributed by atoms with E-state index in [0.29, 0.717) is 24.7 Å². The van der Waals surface area contributed by atoms with Gasteiger partial charge in [0.2, 0.25) is 17.6 Å². The Morgan fingerprint density at radius 2 is 2.24 bits per heavy atom. The van der Waals surface area contributed by atoms with Crippen LogP contribution in [0.4, 0.5) is 11.4 Å². The fraction of sp³-hybridized carbons (Fsp3) is 0.278. The lowest BCUT2D eigenvalue weighted by molar-refractivity contribution is -0.117. The second kappa shape index (κ2) is 6.43. The summed E-state index contributed by atoms with van der Waals surface area (Å²) in [6.07, 6.45) is 4.67. The van der Waals surface area contributed by atoms with Crippen LogP contribution in [-0.2, 0) is 11.3 Å². The quantitative estimate of drug-likeness (QED) is 0.768. The third-order valence-corrected chi connectivity index (χ3v) is 4.35. The van der Waals surface area contributed by atoms with Gasteiger partial charge in [0, 0.05) is 24.3 Å². The van der Waals surface area contributed by atoms with Crippen LogP contribution in [0.3, 0.4) is 0 Å². The molecule has 1 aliphatic rings. The summed E-state index contributed by atoms with van der Waals surface area (Å²) in [5, 5.41) is 7.25. The second-order valence-corrected chi connectivity index (χ2v) is 5.98. The average molecular weight is 338 g/mol. The van der Waals surface area contributed by atoms with Crippen LogP contribution >= 0.6 is 0 Å². The molecule has 7 nitrogen and oxygen atoms in total. The van der Waals surface area contributed by atoms with Crippen LogP contribution in [-0.4, -0.2) is 22.6 Å². The first-order valence-electron chi connectivity index (χ1n) is 8.21. The van der Waals surface area contributed by atoms with E-state index < -0.39 is 0 Å². The van der Waals surface area contributed by atoms with Crippen LogP contribution in [0.1, 0.15) is 24.3 Å². The minimum atomic E-state index is 0.182. The molecule has 0 bridgehead atoms. The molecule has 0 spiro atoms. The van der Waals surface area contributed by atoms with Crippen LogP contribution < -0.4 is 10.2 Å². The number of aromatic nitrogens is 2. The van der Waals surface area contributed by atoms with Crippen LogP contribution in [0.25, 0.3) is 11.4 Å². The van der Waals surface area contributed by atoms with E-state index in [4.69, 9.17) is 8.94 Å². The van der Waals surface area contributed by atoms with Gasteiger partial charge in [0.1, 0.15) is 6.26 Å². The number of hydrogen-bond donors (Lipinski definition) is 1. The Morgan fingerprint density at radius 1 is 1.32 bits per heavy atom. The molecule has 1 saturated heterocycles. The molecule has 0 saturated carbocycles. The van der Waals surface area contributed by atoms with E-state index in [2.05, 4.69) is 15.5 Å². The predicted molar refractivity (Wildman–Crippen MR) is 92.1 cm³/mol. The van der Waals surface area contributed by atoms with Crippen molar-refractivity contribution in [3.8, 4) is 11.4 Å². The number of nitrogens with one attached hydrogen (secondary N) is 1. The molecule has 2 aromatic heterocycles. The Labute approximate surface area is 144 Å². The first kappa shape index (κ1) is 15.4. The van der Waals surface area contributed by atoms with E-state index in [1.165, 1.54) is 0 Å². The van der Waals surface area contributed by atoms with E-state index in [0.717, 1.165) is 35.5 Å². The number of anilines is 2. The van der Waals surface area contributed by atoms with Crippen molar-refractivity contribution < 1.29 is 13.7 Å². The Bertz CT molecular complexity index is 886. The Kier molecular flexibility index (Phi) is 3.97. The highest BCUT2D eigenvalue weighted by Crippen LogP contribution is 2.30. The van der Waals surface area contributed by atoms with Crippen molar-refractivity contribution in [1.82, 2.24) is 10.1 Å². The topological polar surface area (TPSA) is 84.4 Å². The SMILES string of the molecule is Cc1c(NCc2nc(-c3ccoc3)no2)cccc1N1CCCC1=O. The predicted octanol–water partition coefficient (Wildman–Crippen LogP) is 3.38. The fourth-order valence-corrected chi connectivity index (χ4v) is 3.02. The first-order chi connectivity index (χ1) is 12.2. The molecule has 4 rings (SSSR count). The van der Waals surface area contributed by atoms with Gasteiger partial charge < -0.3 is 19.2 Å². The summed E-state index contributed by atoms with van der Waals surface area (Å²) in [7, 11) is 0. The molecule has 1 aromatic carbocycles. The summed E-state index contributed by atoms with van der Waals surface area (Å²) in [5.41, 5.74) is 3.71. The molecule has 3 heterocycles. The van der Waals surface area contributed by atoms with E-state index >= 15 is 0 Å². The van der Waals surface area contributed by atoms with E-state index in [1.54, 1.807) is 18.6 Å². The lowest BCUT2D eigenvalue weighted by Gasteiger charge is -2.20. The number of carbonyl (C=O) groups is 1. The first-order valence-corrected chi connectivity index (χ1v) is 8.21. The number of hydrogen-bond acceptors (Lipinski definition) is 6. The number of carbonyl (C=O) groups excluding carboxylic acids is 1. The molecule has 25 heavy (non-hydrogen) atoms. The van der Waals surface area contributed by atoms with Gasteiger partial charge in [0.25, 0.3) is 0 Å². The lowest BCUT2D eigenvalue weighted by atomic mass is 10.1. The third kappa shape index (κ3) is 3.00. The Hall–Kier alpha value is -3.09. The maximum atomic E-state index is 12.0. The highest BCUT2D eigenvalue weighted by Gasteiger charge is 2.23. The smallest absolute Gasteiger partial charge is 0.246 e. The van der Waals surface area contributed by atoms with Gasteiger partial charge in [-0.1, -0.05) is 11.2 Å². The Morgan fingerprint density at radius 3 is 3.00 bits per heavy atom. The zero-order valence-corrected chi connectivity index (χ0v) is 13.9. The zero-order chi connectivity index (χ0) is 17.2. The highest BCUT2D eigenvalue weighted by atomic mass is 16.5. The molecule has 1 amide bonds. The molecule has 1 N–H and O–H groups in total. The van der Waals surface area contributed by atoms with Crippen molar-refractivity contribution in [1.29, 1.82) is 0 Å². The van der Waals surface area contributed by atoms with E-state index in [-0.39, 0.29) is 5.91 Å². The van der Waals surface area contributed by atoms with Crippen molar-refractivity contribution in [2.24, 2.45) is 0 Å². The molecule has 0 atom stereocenters. The van der Waals surface area contributed by atoms with Crippen LogP contribution in [0.2, 0.25) is 0 Å². The molecule has 0 radical (unpaired) electrons. The summed E-state index contributed by atoms with van der Waals surface area (Å²) < 4.78 is 10.3. The average Bonchev–Trinajstić information content (AvgIpc) is 3.35. The highest BCUT2D eigenvalue weighted by molar-refractivity contribution is 5.96. The molecule has 1 aliphatic heterocycles. The van der Waals surface area contributed by atoms with Gasteiger partial charge in [-0.3, -0.25) is 4.79 Å². The van der Waals surface area contributed by atoms with Crippen molar-refractivity contribution in [3.63, 3.8) is 0 Å². The van der Waals surface area contributed by atoms with Crippen molar-refractivity contribution in [2.75, 3.05) is 16.8 Å². The maximum Gasteiger partial charge on any atom is 0.246 e. The Balaban J connectivity index is 1.49. The molecule has 7 heteroatoms. The monoisotopic (exact) mass is 338 g/mol. The number of benzene rings is 1. The summed E-state index contributed by atoms with van der Waals surface area (Å²) in [4.78, 5) is 18.2. The molecule has 128 valence electrons. The van der Waals surface area contributed by atoms with Gasteiger partial charge >= 0.3 is 0 Å². The van der Waals surface area contributed by atoms with Gasteiger partial charge in [-0.15, -0.1) is 0 Å². The van der Waals surface area contributed by atoms with Gasteiger partial charge in [0.05, 0.1) is 18.4 Å². The molecule has 3 aromatic rings. The van der Waals surface area contributed by atoms with Crippen LogP contribution in [0.5, 0.6) is 0 Å². The van der Waals surface area contributed by atoms with Crippen molar-refractivity contribution in [2.45, 2.75) is 26.3 Å². The van der Waals surface area contributed by atoms with Crippen LogP contribution in [0, 0.1) is 6.92 Å². The summed E-state index contributed by atoms with van der Waals surface area (Å²) in [6.45, 7) is 3.19. The molecule has 0 aliphatic carbocycles. The third-order valence-electron chi connectivity index (χ3n) is 4.35. The van der Waals surface area contributed by atoms with Crippen molar-refractivity contribution in [3.05, 3.63) is 48.2 Å². The molecule has 0 unspecified atom stereocenters. The van der Waals surface area contributed by atoms with E-state index in [1.807, 2.05) is 30.0 Å². The lowest BCUT2D eigenvalue weighted by Crippen LogP contribution is -2.24. The number of nitrogens with zero attached hydrogens (tertiary/aromatic N) is 3. The summed E-state index contributed by atoms with van der Waals surface area (Å²) in [6, 6.07) is 7.68. The standard InChI is InChI=1S/C18H18N4O3/c1-12-14(4-2-5-15(12)22-8-3-6-17(22)23)19-10-16-20-18(21-25-16)13-7-9-24-11-13/h2,4-5,7,9,11,19H,3,6,8,10H2,1H3. The van der Waals surface area contributed by atoms with Gasteiger partial charge in [-0.25, -0.2) is 0 Å². The molecule has 1 fully saturated rings. The van der Waals surface area contributed by atoms with Gasteiger partial charge in [-0.05, 0) is 37.1 Å². The fourth-order valence-electron chi connectivity index (χ4n) is 3.02. The summed E-state index contributed by atoms with van der Waals surface area (Å²) >= 11 is 0. The van der Waals surface area contributed by atoms with Crippen LogP contribution in [0.15, 0.2) is 45.7 Å². The number of furan rings is 1. The second-order valence-electron chi connectivity index (χ2n) is 5.98.